The third-order valence-electron chi connectivity index (χ3n) is 5.96. The molecule has 34 heavy (non-hydrogen) atoms. The Bertz CT molecular complexity index is 1250. The number of rotatable bonds is 8. The molecule has 1 aromatic heterocycles. The van der Waals surface area contributed by atoms with Crippen LogP contribution < -0.4 is 4.90 Å². The van der Waals surface area contributed by atoms with Crippen molar-refractivity contribution in [2.75, 3.05) is 45.2 Å². The molecule has 2 aromatic carbocycles. The molecule has 0 aliphatic carbocycles. The minimum atomic E-state index is -3.68. The van der Waals surface area contributed by atoms with Gasteiger partial charge in [-0.1, -0.05) is 35.6 Å². The second-order valence-electron chi connectivity index (χ2n) is 8.74. The molecule has 1 amide bonds. The molecule has 7 nitrogen and oxygen atoms in total. The molecule has 0 saturated carbocycles. The lowest BCUT2D eigenvalue weighted by atomic mass is 9.98. The molecule has 1 aliphatic rings. The van der Waals surface area contributed by atoms with E-state index in [0.29, 0.717) is 35.8 Å². The van der Waals surface area contributed by atoms with Crippen LogP contribution in [0.3, 0.4) is 0 Å². The van der Waals surface area contributed by atoms with Crippen molar-refractivity contribution in [1.82, 2.24) is 14.2 Å². The zero-order chi connectivity index (χ0) is 24.3. The van der Waals surface area contributed by atoms with Gasteiger partial charge in [-0.2, -0.15) is 4.31 Å². The van der Waals surface area contributed by atoms with Crippen LogP contribution >= 0.6 is 11.3 Å². The Hall–Kier alpha value is -2.40. The first-order valence-corrected chi connectivity index (χ1v) is 13.6. The minimum absolute atomic E-state index is 0.125. The van der Waals surface area contributed by atoms with Crippen LogP contribution in [0.2, 0.25) is 0 Å². The summed E-state index contributed by atoms with van der Waals surface area (Å²) in [5.41, 5.74) is 0.254. The number of amides is 1. The van der Waals surface area contributed by atoms with Crippen LogP contribution in [0.25, 0.3) is 10.2 Å². The molecule has 0 bridgehead atoms. The average molecular weight is 505 g/mol. The maximum absolute atomic E-state index is 14.3. The first kappa shape index (κ1) is 24.7. The van der Waals surface area contributed by atoms with Crippen LogP contribution in [-0.4, -0.2) is 68.8 Å². The van der Waals surface area contributed by atoms with Crippen LogP contribution in [0.5, 0.6) is 0 Å². The Morgan fingerprint density at radius 1 is 1.15 bits per heavy atom. The van der Waals surface area contributed by atoms with Crippen LogP contribution in [0.1, 0.15) is 19.3 Å². The van der Waals surface area contributed by atoms with E-state index in [1.54, 1.807) is 47.4 Å². The van der Waals surface area contributed by atoms with E-state index in [-0.39, 0.29) is 22.9 Å². The first-order chi connectivity index (χ1) is 16.3. The fourth-order valence-electron chi connectivity index (χ4n) is 4.19. The number of fused-ring (bicyclic) bond motifs is 1. The smallest absolute Gasteiger partial charge is 0.243 e. The van der Waals surface area contributed by atoms with Gasteiger partial charge in [0.1, 0.15) is 11.3 Å². The maximum atomic E-state index is 14.3. The Morgan fingerprint density at radius 2 is 1.91 bits per heavy atom. The number of thiazole rings is 1. The van der Waals surface area contributed by atoms with E-state index in [0.717, 1.165) is 13.0 Å². The van der Waals surface area contributed by atoms with Crippen molar-refractivity contribution in [1.29, 1.82) is 0 Å². The number of benzene rings is 2. The van der Waals surface area contributed by atoms with Crippen molar-refractivity contribution < 1.29 is 17.6 Å². The molecule has 2 heterocycles. The summed E-state index contributed by atoms with van der Waals surface area (Å²) in [5, 5.41) is 0.451. The first-order valence-electron chi connectivity index (χ1n) is 11.3. The monoisotopic (exact) mass is 504 g/mol. The number of para-hydroxylation sites is 1. The molecule has 1 fully saturated rings. The highest BCUT2D eigenvalue weighted by atomic mass is 32.2. The lowest BCUT2D eigenvalue weighted by molar-refractivity contribution is -0.123. The highest BCUT2D eigenvalue weighted by Crippen LogP contribution is 2.33. The SMILES string of the molecule is CN(C)CCCN(C(=O)C1CCCN(S(=O)(=O)c2ccccc2)C1)c1nc2c(F)cccc2s1. The van der Waals surface area contributed by atoms with E-state index < -0.39 is 21.8 Å². The van der Waals surface area contributed by atoms with Gasteiger partial charge in [0.15, 0.2) is 5.13 Å². The Morgan fingerprint density at radius 3 is 2.62 bits per heavy atom. The zero-order valence-corrected chi connectivity index (χ0v) is 21.0. The van der Waals surface area contributed by atoms with Crippen molar-refractivity contribution in [2.24, 2.45) is 5.92 Å². The summed E-state index contributed by atoms with van der Waals surface area (Å²) in [5.74, 6) is -1.06. The van der Waals surface area contributed by atoms with Gasteiger partial charge in [0, 0.05) is 19.6 Å². The number of piperidine rings is 1. The number of aromatic nitrogens is 1. The van der Waals surface area contributed by atoms with Gasteiger partial charge in [-0.3, -0.25) is 9.69 Å². The number of hydrogen-bond donors (Lipinski definition) is 0. The summed E-state index contributed by atoms with van der Waals surface area (Å²) < 4.78 is 42.6. The molecule has 1 unspecified atom stereocenters. The second-order valence-corrected chi connectivity index (χ2v) is 11.7. The van der Waals surface area contributed by atoms with Gasteiger partial charge in [0.05, 0.1) is 15.5 Å². The van der Waals surface area contributed by atoms with Crippen LogP contribution in [0.4, 0.5) is 9.52 Å². The summed E-state index contributed by atoms with van der Waals surface area (Å²) in [7, 11) is 0.250. The van der Waals surface area contributed by atoms with Gasteiger partial charge in [0.2, 0.25) is 15.9 Å². The van der Waals surface area contributed by atoms with E-state index in [2.05, 4.69) is 4.98 Å². The fraction of sp³-hybridized carbons (Fsp3) is 0.417. The molecule has 1 saturated heterocycles. The lowest BCUT2D eigenvalue weighted by Gasteiger charge is -2.33. The van der Waals surface area contributed by atoms with Crippen LogP contribution in [0, 0.1) is 11.7 Å². The number of sulfonamides is 1. The van der Waals surface area contributed by atoms with Gasteiger partial charge < -0.3 is 4.90 Å². The predicted molar refractivity (Wildman–Crippen MR) is 133 cm³/mol. The maximum Gasteiger partial charge on any atom is 0.243 e. The van der Waals surface area contributed by atoms with E-state index in [4.69, 9.17) is 0 Å². The standard InChI is InChI=1S/C24H29FN4O3S2/c1-27(2)14-8-16-29(24-26-22-20(25)12-6-13-21(22)33-24)23(30)18-9-7-15-28(17-18)34(31,32)19-10-4-3-5-11-19/h3-6,10-13,18H,7-9,14-17H2,1-2H3. The molecule has 4 rings (SSSR count). The van der Waals surface area contributed by atoms with Crippen molar-refractivity contribution >= 4 is 42.6 Å². The Balaban J connectivity index is 1.59. The Labute approximate surface area is 203 Å². The third-order valence-corrected chi connectivity index (χ3v) is 8.88. The van der Waals surface area contributed by atoms with E-state index >= 15 is 0 Å². The number of nitrogens with zero attached hydrogens (tertiary/aromatic N) is 4. The molecule has 1 atom stereocenters. The molecule has 0 radical (unpaired) electrons. The zero-order valence-electron chi connectivity index (χ0n) is 19.4. The molecule has 0 spiro atoms. The molecule has 1 aliphatic heterocycles. The second kappa shape index (κ2) is 10.5. The highest BCUT2D eigenvalue weighted by Gasteiger charge is 2.36. The molecule has 182 valence electrons. The molecule has 3 aromatic rings. The minimum Gasteiger partial charge on any atom is -0.309 e. The number of carbonyl (C=O) groups excluding carboxylic acids is 1. The number of carbonyl (C=O) groups is 1. The van der Waals surface area contributed by atoms with Crippen molar-refractivity contribution in [2.45, 2.75) is 24.2 Å². The van der Waals surface area contributed by atoms with E-state index in [1.807, 2.05) is 19.0 Å². The summed E-state index contributed by atoms with van der Waals surface area (Å²) in [6, 6.07) is 13.1. The van der Waals surface area contributed by atoms with Gasteiger partial charge >= 0.3 is 0 Å². The van der Waals surface area contributed by atoms with Crippen LogP contribution in [-0.2, 0) is 14.8 Å². The van der Waals surface area contributed by atoms with Crippen molar-refractivity contribution in [3.8, 4) is 0 Å². The van der Waals surface area contributed by atoms with E-state index in [1.165, 1.54) is 21.7 Å². The van der Waals surface area contributed by atoms with Gasteiger partial charge in [-0.15, -0.1) is 0 Å². The summed E-state index contributed by atoms with van der Waals surface area (Å²) in [6.07, 6.45) is 1.92. The molecule has 10 heteroatoms. The highest BCUT2D eigenvalue weighted by molar-refractivity contribution is 7.89. The topological polar surface area (TPSA) is 73.8 Å². The quantitative estimate of drug-likeness (QED) is 0.466. The average Bonchev–Trinajstić information content (AvgIpc) is 3.27. The lowest BCUT2D eigenvalue weighted by Crippen LogP contribution is -2.47. The number of halogens is 1. The van der Waals surface area contributed by atoms with Gasteiger partial charge in [-0.05, 0) is 64.2 Å². The van der Waals surface area contributed by atoms with Crippen molar-refractivity contribution in [3.63, 3.8) is 0 Å². The molecular formula is C24H29FN4O3S2. The largest absolute Gasteiger partial charge is 0.309 e. The van der Waals surface area contributed by atoms with Crippen LogP contribution in [0.15, 0.2) is 53.4 Å². The van der Waals surface area contributed by atoms with Crippen molar-refractivity contribution in [3.05, 3.63) is 54.3 Å². The molecular weight excluding hydrogens is 475 g/mol. The third kappa shape index (κ3) is 5.30. The normalized spacial score (nSPS) is 17.4. The summed E-state index contributed by atoms with van der Waals surface area (Å²) in [4.78, 5) is 22.0. The van der Waals surface area contributed by atoms with Gasteiger partial charge in [-0.25, -0.2) is 17.8 Å². The predicted octanol–water partition coefficient (Wildman–Crippen LogP) is 3.82. The van der Waals surface area contributed by atoms with E-state index in [9.17, 15) is 17.6 Å². The fourth-order valence-corrected chi connectivity index (χ4v) is 6.74. The summed E-state index contributed by atoms with van der Waals surface area (Å²) in [6.45, 7) is 1.72. The van der Waals surface area contributed by atoms with Gasteiger partial charge in [0.25, 0.3) is 0 Å². The number of anilines is 1. The Kier molecular flexibility index (Phi) is 7.61. The summed E-state index contributed by atoms with van der Waals surface area (Å²) >= 11 is 1.28. The molecule has 0 N–H and O–H groups in total. The number of hydrogen-bond acceptors (Lipinski definition) is 6.